The van der Waals surface area contributed by atoms with Crippen LogP contribution in [0.1, 0.15) is 53.9 Å². The maximum atomic E-state index is 13.5. The van der Waals surface area contributed by atoms with Crippen molar-refractivity contribution in [3.63, 3.8) is 0 Å². The fraction of sp³-hybridized carbons (Fsp3) is 0.407. The van der Waals surface area contributed by atoms with E-state index in [1.165, 1.54) is 6.42 Å². The number of pyridine rings is 1. The molecule has 0 radical (unpaired) electrons. The third-order valence-electron chi connectivity index (χ3n) is 7.22. The zero-order valence-corrected chi connectivity index (χ0v) is 20.8. The molecule has 0 bridgehead atoms. The number of tetrazole rings is 1. The smallest absolute Gasteiger partial charge is 0.253 e. The number of piperidine rings is 1. The SMILES string of the molecule is COc1ccc(Cn2nnnc2[C@@H](c2cc3ccc(C)c(C)c3[nH]c2=O)N2CCC[C@@H](C)C2)cc1. The molecule has 0 aliphatic carbocycles. The summed E-state index contributed by atoms with van der Waals surface area (Å²) in [5.41, 5.74) is 4.80. The first-order valence-electron chi connectivity index (χ1n) is 12.2. The van der Waals surface area contributed by atoms with Crippen LogP contribution in [0.15, 0.2) is 47.3 Å². The molecule has 35 heavy (non-hydrogen) atoms. The molecule has 1 aliphatic heterocycles. The van der Waals surface area contributed by atoms with Gasteiger partial charge in [0.2, 0.25) is 0 Å². The Morgan fingerprint density at radius 3 is 2.71 bits per heavy atom. The van der Waals surface area contributed by atoms with E-state index < -0.39 is 0 Å². The number of hydrogen-bond acceptors (Lipinski definition) is 6. The molecule has 182 valence electrons. The number of methoxy groups -OCH3 is 1. The summed E-state index contributed by atoms with van der Waals surface area (Å²) in [6.07, 6.45) is 2.27. The lowest BCUT2D eigenvalue weighted by atomic mass is 9.95. The number of H-pyrrole nitrogens is 1. The van der Waals surface area contributed by atoms with Crippen molar-refractivity contribution in [2.24, 2.45) is 5.92 Å². The van der Waals surface area contributed by atoms with Crippen LogP contribution in [-0.2, 0) is 6.54 Å². The molecule has 2 aromatic heterocycles. The Morgan fingerprint density at radius 1 is 1.17 bits per heavy atom. The van der Waals surface area contributed by atoms with Gasteiger partial charge in [0.25, 0.3) is 5.56 Å². The van der Waals surface area contributed by atoms with Gasteiger partial charge in [-0.05, 0) is 89.9 Å². The van der Waals surface area contributed by atoms with Gasteiger partial charge in [0.1, 0.15) is 11.8 Å². The predicted octanol–water partition coefficient (Wildman–Crippen LogP) is 4.01. The van der Waals surface area contributed by atoms with Crippen molar-refractivity contribution in [2.45, 2.75) is 46.2 Å². The first-order chi connectivity index (χ1) is 16.9. The van der Waals surface area contributed by atoms with E-state index in [1.807, 2.05) is 41.9 Å². The fourth-order valence-corrected chi connectivity index (χ4v) is 5.13. The van der Waals surface area contributed by atoms with Crippen LogP contribution in [0, 0.1) is 19.8 Å². The molecule has 0 unspecified atom stereocenters. The number of rotatable bonds is 6. The van der Waals surface area contributed by atoms with Crippen molar-refractivity contribution < 1.29 is 4.74 Å². The van der Waals surface area contributed by atoms with Crippen LogP contribution in [0.5, 0.6) is 5.75 Å². The molecule has 1 N–H and O–H groups in total. The standard InChI is InChI=1S/C27H32N6O2/c1-17-6-5-13-32(15-17)25(23-14-21-10-7-18(2)19(3)24(21)28-27(23)34)26-29-30-31-33(26)16-20-8-11-22(35-4)12-9-20/h7-12,14,17,25H,5-6,13,15-16H2,1-4H3,(H,28,34)/t17-,25-/m1/s1. The summed E-state index contributed by atoms with van der Waals surface area (Å²) in [6.45, 7) is 8.67. The van der Waals surface area contributed by atoms with Gasteiger partial charge < -0.3 is 9.72 Å². The van der Waals surface area contributed by atoms with Crippen LogP contribution >= 0.6 is 0 Å². The number of fused-ring (bicyclic) bond motifs is 1. The second-order valence-corrected chi connectivity index (χ2v) is 9.71. The maximum absolute atomic E-state index is 13.5. The molecule has 1 saturated heterocycles. The molecule has 3 heterocycles. The van der Waals surface area contributed by atoms with Crippen molar-refractivity contribution in [2.75, 3.05) is 20.2 Å². The Bertz CT molecular complexity index is 1390. The van der Waals surface area contributed by atoms with Crippen LogP contribution in [0.25, 0.3) is 10.9 Å². The van der Waals surface area contributed by atoms with Crippen LogP contribution in [0.3, 0.4) is 0 Å². The third kappa shape index (κ3) is 4.58. The highest BCUT2D eigenvalue weighted by molar-refractivity contribution is 5.83. The number of nitrogens with one attached hydrogen (secondary N) is 1. The van der Waals surface area contributed by atoms with Crippen molar-refractivity contribution in [3.05, 3.63) is 80.9 Å². The Kier molecular flexibility index (Phi) is 6.38. The topological polar surface area (TPSA) is 88.9 Å². The maximum Gasteiger partial charge on any atom is 0.253 e. The van der Waals surface area contributed by atoms with E-state index in [0.717, 1.165) is 52.9 Å². The molecule has 1 aliphatic rings. The Labute approximate surface area is 204 Å². The van der Waals surface area contributed by atoms with E-state index in [1.54, 1.807) is 7.11 Å². The average Bonchev–Trinajstić information content (AvgIpc) is 3.30. The first kappa shape index (κ1) is 23.2. The number of benzene rings is 2. The number of hydrogen-bond donors (Lipinski definition) is 1. The minimum atomic E-state index is -0.333. The van der Waals surface area contributed by atoms with Gasteiger partial charge in [-0.25, -0.2) is 4.68 Å². The van der Waals surface area contributed by atoms with E-state index in [2.05, 4.69) is 51.4 Å². The molecule has 4 aromatic rings. The highest BCUT2D eigenvalue weighted by Crippen LogP contribution is 2.31. The van der Waals surface area contributed by atoms with Crippen molar-refractivity contribution in [1.29, 1.82) is 0 Å². The molecule has 0 amide bonds. The van der Waals surface area contributed by atoms with Gasteiger partial charge in [0, 0.05) is 12.1 Å². The average molecular weight is 473 g/mol. The molecule has 0 saturated carbocycles. The van der Waals surface area contributed by atoms with E-state index in [0.29, 0.717) is 23.9 Å². The third-order valence-corrected chi connectivity index (χ3v) is 7.22. The monoisotopic (exact) mass is 472 g/mol. The van der Waals surface area contributed by atoms with Crippen molar-refractivity contribution >= 4 is 10.9 Å². The van der Waals surface area contributed by atoms with Crippen LogP contribution in [0.4, 0.5) is 0 Å². The summed E-state index contributed by atoms with van der Waals surface area (Å²) in [6, 6.07) is 13.8. The molecule has 8 nitrogen and oxygen atoms in total. The van der Waals surface area contributed by atoms with Crippen LogP contribution in [0.2, 0.25) is 0 Å². The summed E-state index contributed by atoms with van der Waals surface area (Å²) in [5, 5.41) is 13.8. The highest BCUT2D eigenvalue weighted by Gasteiger charge is 2.33. The molecule has 5 rings (SSSR count). The summed E-state index contributed by atoms with van der Waals surface area (Å²) in [4.78, 5) is 19.1. The summed E-state index contributed by atoms with van der Waals surface area (Å²) in [5.74, 6) is 2.03. The molecular weight excluding hydrogens is 440 g/mol. The number of ether oxygens (including phenoxy) is 1. The molecular formula is C27H32N6O2. The molecule has 8 heteroatoms. The number of nitrogens with zero attached hydrogens (tertiary/aromatic N) is 5. The number of aromatic nitrogens is 5. The number of likely N-dealkylation sites (tertiary alicyclic amines) is 1. The van der Waals surface area contributed by atoms with Gasteiger partial charge in [-0.3, -0.25) is 9.69 Å². The van der Waals surface area contributed by atoms with Gasteiger partial charge >= 0.3 is 0 Å². The van der Waals surface area contributed by atoms with Gasteiger partial charge in [0.05, 0.1) is 19.2 Å². The second-order valence-electron chi connectivity index (χ2n) is 9.71. The zero-order chi connectivity index (χ0) is 24.5. The Morgan fingerprint density at radius 2 is 1.97 bits per heavy atom. The molecule has 0 spiro atoms. The number of aryl methyl sites for hydroxylation is 2. The van der Waals surface area contributed by atoms with Gasteiger partial charge in [-0.1, -0.05) is 31.2 Å². The highest BCUT2D eigenvalue weighted by atomic mass is 16.5. The van der Waals surface area contributed by atoms with Crippen molar-refractivity contribution in [3.8, 4) is 5.75 Å². The number of aromatic amines is 1. The first-order valence-corrected chi connectivity index (χ1v) is 12.2. The van der Waals surface area contributed by atoms with Crippen molar-refractivity contribution in [1.82, 2.24) is 30.1 Å². The largest absolute Gasteiger partial charge is 0.497 e. The van der Waals surface area contributed by atoms with Crippen LogP contribution in [-0.4, -0.2) is 50.3 Å². The summed E-state index contributed by atoms with van der Waals surface area (Å²) in [7, 11) is 1.66. The minimum Gasteiger partial charge on any atom is -0.497 e. The molecule has 1 fully saturated rings. The lowest BCUT2D eigenvalue weighted by molar-refractivity contribution is 0.141. The fourth-order valence-electron chi connectivity index (χ4n) is 5.13. The van der Waals surface area contributed by atoms with Gasteiger partial charge in [0.15, 0.2) is 5.82 Å². The van der Waals surface area contributed by atoms with E-state index in [4.69, 9.17) is 4.74 Å². The van der Waals surface area contributed by atoms with Gasteiger partial charge in [-0.2, -0.15) is 0 Å². The Balaban J connectivity index is 1.60. The minimum absolute atomic E-state index is 0.0894. The molecule has 2 aromatic carbocycles. The quantitative estimate of drug-likeness (QED) is 0.456. The summed E-state index contributed by atoms with van der Waals surface area (Å²) >= 11 is 0. The van der Waals surface area contributed by atoms with E-state index in [-0.39, 0.29) is 11.6 Å². The van der Waals surface area contributed by atoms with E-state index >= 15 is 0 Å². The van der Waals surface area contributed by atoms with E-state index in [9.17, 15) is 4.79 Å². The predicted molar refractivity (Wildman–Crippen MR) is 136 cm³/mol. The normalized spacial score (nSPS) is 17.5. The lowest BCUT2D eigenvalue weighted by Gasteiger charge is -2.36. The Hall–Kier alpha value is -3.52. The lowest BCUT2D eigenvalue weighted by Crippen LogP contribution is -2.41. The van der Waals surface area contributed by atoms with Crippen LogP contribution < -0.4 is 10.3 Å². The van der Waals surface area contributed by atoms with Gasteiger partial charge in [-0.15, -0.1) is 5.10 Å². The second kappa shape index (κ2) is 9.62. The zero-order valence-electron chi connectivity index (χ0n) is 20.8. The summed E-state index contributed by atoms with van der Waals surface area (Å²) < 4.78 is 7.10. The molecule has 2 atom stereocenters.